The molecule has 0 amide bonds. The summed E-state index contributed by atoms with van der Waals surface area (Å²) in [7, 11) is 0. The van der Waals surface area contributed by atoms with Crippen LogP contribution in [0.4, 0.5) is 5.69 Å². The lowest BCUT2D eigenvalue weighted by atomic mass is 10.0. The van der Waals surface area contributed by atoms with Crippen molar-refractivity contribution in [2.75, 3.05) is 11.4 Å². The molecule has 0 aromatic heterocycles. The van der Waals surface area contributed by atoms with E-state index in [-0.39, 0.29) is 0 Å². The van der Waals surface area contributed by atoms with Gasteiger partial charge in [0.15, 0.2) is 0 Å². The van der Waals surface area contributed by atoms with Crippen molar-refractivity contribution in [2.24, 2.45) is 0 Å². The number of carbonyl (C=O) groups excluding carboxylic acids is 1. The van der Waals surface area contributed by atoms with Gasteiger partial charge in [-0.05, 0) is 37.5 Å². The predicted octanol–water partition coefficient (Wildman–Crippen LogP) is 2.34. The Kier molecular flexibility index (Phi) is 2.76. The van der Waals surface area contributed by atoms with Gasteiger partial charge < -0.3 is 9.69 Å². The van der Waals surface area contributed by atoms with Crippen LogP contribution in [0.25, 0.3) is 0 Å². The van der Waals surface area contributed by atoms with E-state index < -0.39 is 0 Å². The predicted molar refractivity (Wildman–Crippen MR) is 62.4 cm³/mol. The van der Waals surface area contributed by atoms with E-state index in [9.17, 15) is 4.79 Å². The average Bonchev–Trinajstić information content (AvgIpc) is 2.58. The van der Waals surface area contributed by atoms with Crippen LogP contribution in [0.3, 0.4) is 0 Å². The molecule has 1 aliphatic rings. The molecule has 0 fully saturated rings. The van der Waals surface area contributed by atoms with Gasteiger partial charge in [0.1, 0.15) is 6.29 Å². The standard InChI is InChI=1S/C13H17NO/c1-3-14-11(7-8-15)9-12-10(2)5-4-6-13(12)14/h4-6,8,11H,3,7,9H2,1-2H3. The highest BCUT2D eigenvalue weighted by atomic mass is 16.1. The average molecular weight is 203 g/mol. The lowest BCUT2D eigenvalue weighted by Gasteiger charge is -2.24. The summed E-state index contributed by atoms with van der Waals surface area (Å²) in [5.41, 5.74) is 4.09. The molecule has 15 heavy (non-hydrogen) atoms. The van der Waals surface area contributed by atoms with Crippen LogP contribution < -0.4 is 4.90 Å². The number of aryl methyl sites for hydroxylation is 1. The normalized spacial score (nSPS) is 19.1. The van der Waals surface area contributed by atoms with E-state index in [1.165, 1.54) is 16.8 Å². The first-order valence-electron chi connectivity index (χ1n) is 5.56. The number of benzene rings is 1. The van der Waals surface area contributed by atoms with Crippen molar-refractivity contribution in [3.8, 4) is 0 Å². The Hall–Kier alpha value is -1.31. The molecule has 0 bridgehead atoms. The van der Waals surface area contributed by atoms with Gasteiger partial charge in [-0.3, -0.25) is 0 Å². The van der Waals surface area contributed by atoms with Crippen molar-refractivity contribution in [1.29, 1.82) is 0 Å². The second-order valence-corrected chi connectivity index (χ2v) is 4.12. The van der Waals surface area contributed by atoms with E-state index >= 15 is 0 Å². The summed E-state index contributed by atoms with van der Waals surface area (Å²) in [6, 6.07) is 6.79. The monoisotopic (exact) mass is 203 g/mol. The van der Waals surface area contributed by atoms with Gasteiger partial charge in [-0.15, -0.1) is 0 Å². The molecule has 2 nitrogen and oxygen atoms in total. The number of anilines is 1. The summed E-state index contributed by atoms with van der Waals surface area (Å²) in [6.45, 7) is 5.28. The van der Waals surface area contributed by atoms with Gasteiger partial charge in [-0.1, -0.05) is 12.1 Å². The van der Waals surface area contributed by atoms with Crippen LogP contribution in [0.15, 0.2) is 18.2 Å². The molecule has 2 heteroatoms. The topological polar surface area (TPSA) is 20.3 Å². The molecule has 1 aromatic carbocycles. The highest BCUT2D eigenvalue weighted by Crippen LogP contribution is 2.34. The Bertz CT molecular complexity index is 373. The number of rotatable bonds is 3. The minimum atomic E-state index is 0.378. The van der Waals surface area contributed by atoms with Gasteiger partial charge in [-0.25, -0.2) is 0 Å². The zero-order valence-corrected chi connectivity index (χ0v) is 9.36. The molecule has 0 spiro atoms. The SMILES string of the molecule is CCN1c2cccc(C)c2CC1CC=O. The first-order chi connectivity index (χ1) is 7.27. The number of carbonyl (C=O) groups is 1. The van der Waals surface area contributed by atoms with Crippen LogP contribution >= 0.6 is 0 Å². The summed E-state index contributed by atoms with van der Waals surface area (Å²) < 4.78 is 0. The summed E-state index contributed by atoms with van der Waals surface area (Å²) in [5, 5.41) is 0. The highest BCUT2D eigenvalue weighted by Gasteiger charge is 2.28. The van der Waals surface area contributed by atoms with Crippen molar-refractivity contribution < 1.29 is 4.79 Å². The Morgan fingerprint density at radius 1 is 1.53 bits per heavy atom. The van der Waals surface area contributed by atoms with Crippen LogP contribution in [0.1, 0.15) is 24.5 Å². The first kappa shape index (κ1) is 10.2. The largest absolute Gasteiger partial charge is 0.368 e. The van der Waals surface area contributed by atoms with E-state index in [1.807, 2.05) is 0 Å². The minimum absolute atomic E-state index is 0.378. The molecule has 0 N–H and O–H groups in total. The number of nitrogens with zero attached hydrogens (tertiary/aromatic N) is 1. The van der Waals surface area contributed by atoms with E-state index in [4.69, 9.17) is 0 Å². The second kappa shape index (κ2) is 4.05. The van der Waals surface area contributed by atoms with E-state index in [0.29, 0.717) is 12.5 Å². The maximum atomic E-state index is 10.6. The highest BCUT2D eigenvalue weighted by molar-refractivity contribution is 5.64. The van der Waals surface area contributed by atoms with Gasteiger partial charge in [0.2, 0.25) is 0 Å². The van der Waals surface area contributed by atoms with Crippen LogP contribution in [-0.4, -0.2) is 18.9 Å². The Morgan fingerprint density at radius 2 is 2.33 bits per heavy atom. The smallest absolute Gasteiger partial charge is 0.122 e. The maximum absolute atomic E-state index is 10.6. The van der Waals surface area contributed by atoms with Gasteiger partial charge in [0.25, 0.3) is 0 Å². The van der Waals surface area contributed by atoms with E-state index in [2.05, 4.69) is 36.9 Å². The number of fused-ring (bicyclic) bond motifs is 1. The molecule has 1 heterocycles. The summed E-state index contributed by atoms with van der Waals surface area (Å²) in [4.78, 5) is 13.0. The lowest BCUT2D eigenvalue weighted by Crippen LogP contribution is -2.31. The van der Waals surface area contributed by atoms with Gasteiger partial charge in [0.05, 0.1) is 0 Å². The second-order valence-electron chi connectivity index (χ2n) is 4.12. The molecular formula is C13H17NO. The van der Waals surface area contributed by atoms with Crippen molar-refractivity contribution in [1.82, 2.24) is 0 Å². The molecule has 2 rings (SSSR count). The molecule has 1 atom stereocenters. The van der Waals surface area contributed by atoms with Crippen LogP contribution in [0.2, 0.25) is 0 Å². The van der Waals surface area contributed by atoms with E-state index in [0.717, 1.165) is 19.3 Å². The number of aldehydes is 1. The number of likely N-dealkylation sites (N-methyl/N-ethyl adjacent to an activating group) is 1. The maximum Gasteiger partial charge on any atom is 0.122 e. The molecule has 0 saturated carbocycles. The molecule has 1 unspecified atom stereocenters. The molecule has 0 radical (unpaired) electrons. The number of hydrogen-bond acceptors (Lipinski definition) is 2. The van der Waals surface area contributed by atoms with Crippen molar-refractivity contribution in [3.05, 3.63) is 29.3 Å². The molecule has 1 aromatic rings. The molecule has 0 aliphatic carbocycles. The third kappa shape index (κ3) is 1.65. The van der Waals surface area contributed by atoms with Gasteiger partial charge >= 0.3 is 0 Å². The fourth-order valence-electron chi connectivity index (χ4n) is 2.51. The fourth-order valence-corrected chi connectivity index (χ4v) is 2.51. The molecular weight excluding hydrogens is 186 g/mol. The zero-order chi connectivity index (χ0) is 10.8. The first-order valence-corrected chi connectivity index (χ1v) is 5.56. The molecule has 0 saturated heterocycles. The van der Waals surface area contributed by atoms with Gasteiger partial charge in [-0.2, -0.15) is 0 Å². The molecule has 1 aliphatic heterocycles. The zero-order valence-electron chi connectivity index (χ0n) is 9.36. The third-order valence-electron chi connectivity index (χ3n) is 3.28. The van der Waals surface area contributed by atoms with Gasteiger partial charge in [0, 0.05) is 24.7 Å². The fraction of sp³-hybridized carbons (Fsp3) is 0.462. The Labute approximate surface area is 90.9 Å². The quantitative estimate of drug-likeness (QED) is 0.703. The Morgan fingerprint density at radius 3 is 3.00 bits per heavy atom. The summed E-state index contributed by atoms with van der Waals surface area (Å²) in [5.74, 6) is 0. The number of hydrogen-bond donors (Lipinski definition) is 0. The van der Waals surface area contributed by atoms with Crippen molar-refractivity contribution in [3.63, 3.8) is 0 Å². The minimum Gasteiger partial charge on any atom is -0.368 e. The summed E-state index contributed by atoms with van der Waals surface area (Å²) >= 11 is 0. The third-order valence-corrected chi connectivity index (χ3v) is 3.28. The lowest BCUT2D eigenvalue weighted by molar-refractivity contribution is -0.108. The molecule has 80 valence electrons. The van der Waals surface area contributed by atoms with Crippen molar-refractivity contribution in [2.45, 2.75) is 32.7 Å². The van der Waals surface area contributed by atoms with Crippen molar-refractivity contribution >= 4 is 12.0 Å². The summed E-state index contributed by atoms with van der Waals surface area (Å²) in [6.07, 6.45) is 2.70. The van der Waals surface area contributed by atoms with Crippen LogP contribution in [0, 0.1) is 6.92 Å². The van der Waals surface area contributed by atoms with E-state index in [1.54, 1.807) is 0 Å². The van der Waals surface area contributed by atoms with Crippen LogP contribution in [-0.2, 0) is 11.2 Å². The van der Waals surface area contributed by atoms with Crippen LogP contribution in [0.5, 0.6) is 0 Å². The Balaban J connectivity index is 2.36.